The van der Waals surface area contributed by atoms with Crippen LogP contribution in [0.5, 0.6) is 0 Å². The Hall–Kier alpha value is -1.35. The van der Waals surface area contributed by atoms with Gasteiger partial charge in [0.1, 0.15) is 0 Å². The van der Waals surface area contributed by atoms with Gasteiger partial charge in [0.2, 0.25) is 5.91 Å². The molecule has 1 N–H and O–H groups in total. The van der Waals surface area contributed by atoms with E-state index >= 15 is 0 Å². The Balaban J connectivity index is 1.67. The second-order valence-corrected chi connectivity index (χ2v) is 5.27. The third kappa shape index (κ3) is 4.67. The largest absolute Gasteiger partial charge is 0.353 e. The van der Waals surface area contributed by atoms with Gasteiger partial charge in [-0.2, -0.15) is 0 Å². The standard InChI is InChI=1S/C16H24N2O/c1-2-16(19)17-15-9-12-18(13-10-15)11-8-14-6-4-3-5-7-14/h3-7,15H,2,8-13H2,1H3,(H,17,19). The minimum Gasteiger partial charge on any atom is -0.353 e. The number of nitrogens with one attached hydrogen (secondary N) is 1. The molecule has 1 fully saturated rings. The molecule has 0 saturated carbocycles. The lowest BCUT2D eigenvalue weighted by Crippen LogP contribution is -2.44. The number of piperidine rings is 1. The molecule has 19 heavy (non-hydrogen) atoms. The summed E-state index contributed by atoms with van der Waals surface area (Å²) in [6.07, 6.45) is 3.88. The van der Waals surface area contributed by atoms with Gasteiger partial charge in [-0.05, 0) is 24.8 Å². The van der Waals surface area contributed by atoms with E-state index in [1.807, 2.05) is 6.92 Å². The number of amides is 1. The molecule has 1 heterocycles. The predicted octanol–water partition coefficient (Wildman–Crippen LogP) is 2.22. The van der Waals surface area contributed by atoms with Crippen molar-refractivity contribution in [2.45, 2.75) is 38.6 Å². The molecular weight excluding hydrogens is 236 g/mol. The lowest BCUT2D eigenvalue weighted by atomic mass is 10.0. The van der Waals surface area contributed by atoms with E-state index in [0.29, 0.717) is 12.5 Å². The second kappa shape index (κ2) is 7.29. The summed E-state index contributed by atoms with van der Waals surface area (Å²) in [5.41, 5.74) is 1.41. The highest BCUT2D eigenvalue weighted by atomic mass is 16.1. The maximum atomic E-state index is 11.3. The van der Waals surface area contributed by atoms with Gasteiger partial charge >= 0.3 is 0 Å². The van der Waals surface area contributed by atoms with Gasteiger partial charge in [0, 0.05) is 32.1 Å². The van der Waals surface area contributed by atoms with Crippen LogP contribution in [0.2, 0.25) is 0 Å². The zero-order chi connectivity index (χ0) is 13.5. The third-order valence-corrected chi connectivity index (χ3v) is 3.83. The number of benzene rings is 1. The number of carbonyl (C=O) groups excluding carboxylic acids is 1. The summed E-state index contributed by atoms with van der Waals surface area (Å²) in [4.78, 5) is 13.8. The Kier molecular flexibility index (Phi) is 5.40. The van der Waals surface area contributed by atoms with Crippen molar-refractivity contribution in [3.8, 4) is 0 Å². The highest BCUT2D eigenvalue weighted by Gasteiger charge is 2.19. The van der Waals surface area contributed by atoms with Crippen LogP contribution in [0.15, 0.2) is 30.3 Å². The smallest absolute Gasteiger partial charge is 0.219 e. The first-order chi connectivity index (χ1) is 9.28. The van der Waals surface area contributed by atoms with Gasteiger partial charge in [0.15, 0.2) is 0 Å². The molecular formula is C16H24N2O. The number of nitrogens with zero attached hydrogens (tertiary/aromatic N) is 1. The van der Waals surface area contributed by atoms with Crippen molar-refractivity contribution in [3.63, 3.8) is 0 Å². The van der Waals surface area contributed by atoms with Crippen LogP contribution < -0.4 is 5.32 Å². The van der Waals surface area contributed by atoms with E-state index in [0.717, 1.165) is 38.9 Å². The van der Waals surface area contributed by atoms with Gasteiger partial charge in [-0.25, -0.2) is 0 Å². The van der Waals surface area contributed by atoms with Gasteiger partial charge < -0.3 is 10.2 Å². The molecule has 0 aromatic heterocycles. The second-order valence-electron chi connectivity index (χ2n) is 5.27. The molecule has 0 spiro atoms. The van der Waals surface area contributed by atoms with Crippen molar-refractivity contribution in [2.24, 2.45) is 0 Å². The lowest BCUT2D eigenvalue weighted by molar-refractivity contribution is -0.121. The SMILES string of the molecule is CCC(=O)NC1CCN(CCc2ccccc2)CC1. The highest BCUT2D eigenvalue weighted by Crippen LogP contribution is 2.11. The zero-order valence-corrected chi connectivity index (χ0v) is 11.8. The lowest BCUT2D eigenvalue weighted by Gasteiger charge is -2.32. The van der Waals surface area contributed by atoms with E-state index in [9.17, 15) is 4.79 Å². The third-order valence-electron chi connectivity index (χ3n) is 3.83. The summed E-state index contributed by atoms with van der Waals surface area (Å²) < 4.78 is 0. The van der Waals surface area contributed by atoms with Crippen molar-refractivity contribution in [1.29, 1.82) is 0 Å². The van der Waals surface area contributed by atoms with Crippen LogP contribution >= 0.6 is 0 Å². The quantitative estimate of drug-likeness (QED) is 0.880. The number of hydrogen-bond acceptors (Lipinski definition) is 2. The first-order valence-corrected chi connectivity index (χ1v) is 7.33. The van der Waals surface area contributed by atoms with Gasteiger partial charge in [-0.15, -0.1) is 0 Å². The highest BCUT2D eigenvalue weighted by molar-refractivity contribution is 5.75. The van der Waals surface area contributed by atoms with Gasteiger partial charge in [-0.3, -0.25) is 4.79 Å². The van der Waals surface area contributed by atoms with Crippen LogP contribution in [0.4, 0.5) is 0 Å². The van der Waals surface area contributed by atoms with E-state index in [1.165, 1.54) is 5.56 Å². The number of carbonyl (C=O) groups is 1. The molecule has 0 unspecified atom stereocenters. The van der Waals surface area contributed by atoms with E-state index in [-0.39, 0.29) is 5.91 Å². The minimum atomic E-state index is 0.183. The molecule has 3 nitrogen and oxygen atoms in total. The molecule has 1 aliphatic heterocycles. The molecule has 104 valence electrons. The van der Waals surface area contributed by atoms with Crippen LogP contribution in [-0.2, 0) is 11.2 Å². The van der Waals surface area contributed by atoms with Crippen LogP contribution in [0.1, 0.15) is 31.7 Å². The van der Waals surface area contributed by atoms with Crippen molar-refractivity contribution in [1.82, 2.24) is 10.2 Å². The van der Waals surface area contributed by atoms with E-state index in [2.05, 4.69) is 40.5 Å². The van der Waals surface area contributed by atoms with Gasteiger partial charge in [0.05, 0.1) is 0 Å². The molecule has 1 amide bonds. The number of rotatable bonds is 5. The molecule has 1 saturated heterocycles. The molecule has 1 aromatic rings. The summed E-state index contributed by atoms with van der Waals surface area (Å²) in [6, 6.07) is 11.0. The monoisotopic (exact) mass is 260 g/mol. The van der Waals surface area contributed by atoms with Crippen molar-refractivity contribution in [2.75, 3.05) is 19.6 Å². The summed E-state index contributed by atoms with van der Waals surface area (Å²) in [5, 5.41) is 3.10. The fraction of sp³-hybridized carbons (Fsp3) is 0.562. The maximum Gasteiger partial charge on any atom is 0.219 e. The first-order valence-electron chi connectivity index (χ1n) is 7.33. The summed E-state index contributed by atoms with van der Waals surface area (Å²) >= 11 is 0. The fourth-order valence-electron chi connectivity index (χ4n) is 2.56. The van der Waals surface area contributed by atoms with E-state index in [4.69, 9.17) is 0 Å². The molecule has 2 rings (SSSR count). The van der Waals surface area contributed by atoms with Crippen molar-refractivity contribution in [3.05, 3.63) is 35.9 Å². The number of likely N-dealkylation sites (tertiary alicyclic amines) is 1. The van der Waals surface area contributed by atoms with Crippen LogP contribution in [0.3, 0.4) is 0 Å². The summed E-state index contributed by atoms with van der Waals surface area (Å²) in [6.45, 7) is 5.23. The topological polar surface area (TPSA) is 32.3 Å². The van der Waals surface area contributed by atoms with Crippen molar-refractivity contribution >= 4 is 5.91 Å². The fourth-order valence-corrected chi connectivity index (χ4v) is 2.56. The Morgan fingerprint density at radius 2 is 1.95 bits per heavy atom. The molecule has 0 bridgehead atoms. The van der Waals surface area contributed by atoms with E-state index < -0.39 is 0 Å². The average molecular weight is 260 g/mol. The molecule has 1 aromatic carbocycles. The Labute approximate surface area is 116 Å². The van der Waals surface area contributed by atoms with Crippen LogP contribution in [0, 0.1) is 0 Å². The van der Waals surface area contributed by atoms with Crippen LogP contribution in [0.25, 0.3) is 0 Å². The maximum absolute atomic E-state index is 11.3. The van der Waals surface area contributed by atoms with Crippen LogP contribution in [-0.4, -0.2) is 36.5 Å². The summed E-state index contributed by atoms with van der Waals surface area (Å²) in [7, 11) is 0. The molecule has 1 aliphatic rings. The summed E-state index contributed by atoms with van der Waals surface area (Å²) in [5.74, 6) is 0.183. The molecule has 0 aliphatic carbocycles. The van der Waals surface area contributed by atoms with Gasteiger partial charge in [0.25, 0.3) is 0 Å². The number of hydrogen-bond donors (Lipinski definition) is 1. The normalized spacial score (nSPS) is 17.3. The first kappa shape index (κ1) is 14.1. The molecule has 3 heteroatoms. The molecule has 0 atom stereocenters. The van der Waals surface area contributed by atoms with Gasteiger partial charge in [-0.1, -0.05) is 37.3 Å². The zero-order valence-electron chi connectivity index (χ0n) is 11.8. The minimum absolute atomic E-state index is 0.183. The average Bonchev–Trinajstić information content (AvgIpc) is 2.47. The van der Waals surface area contributed by atoms with E-state index in [1.54, 1.807) is 0 Å². The predicted molar refractivity (Wildman–Crippen MR) is 78.0 cm³/mol. The Morgan fingerprint density at radius 3 is 2.58 bits per heavy atom. The Bertz CT molecular complexity index is 383. The molecule has 0 radical (unpaired) electrons. The van der Waals surface area contributed by atoms with Crippen molar-refractivity contribution < 1.29 is 4.79 Å². The Morgan fingerprint density at radius 1 is 1.26 bits per heavy atom.